The molecule has 0 N–H and O–H groups in total. The van der Waals surface area contributed by atoms with Gasteiger partial charge in [-0.3, -0.25) is 4.79 Å². The molecule has 1 amide bonds. The number of hydrogen-bond acceptors (Lipinski definition) is 6. The van der Waals surface area contributed by atoms with Crippen molar-refractivity contribution in [3.05, 3.63) is 48.3 Å². The molecule has 1 aliphatic heterocycles. The molecule has 1 aliphatic rings. The lowest BCUT2D eigenvalue weighted by Crippen LogP contribution is -2.39. The summed E-state index contributed by atoms with van der Waals surface area (Å²) in [5.41, 5.74) is 3.68. The smallest absolute Gasteiger partial charge is 0.224 e. The zero-order chi connectivity index (χ0) is 20.2. The van der Waals surface area contributed by atoms with Gasteiger partial charge in [-0.25, -0.2) is 15.0 Å². The number of piperidine rings is 1. The number of nitrogens with zero attached hydrogens (tertiary/aromatic N) is 6. The Kier molecular flexibility index (Phi) is 5.69. The second-order valence-electron chi connectivity index (χ2n) is 7.67. The summed E-state index contributed by atoms with van der Waals surface area (Å²) in [6.07, 6.45) is 10.4. The van der Waals surface area contributed by atoms with Crippen molar-refractivity contribution in [1.82, 2.24) is 29.6 Å². The van der Waals surface area contributed by atoms with Gasteiger partial charge in [0.2, 0.25) is 5.91 Å². The molecule has 0 spiro atoms. The van der Waals surface area contributed by atoms with Gasteiger partial charge < -0.3 is 14.0 Å². The highest BCUT2D eigenvalue weighted by Gasteiger charge is 2.23. The molecule has 8 nitrogen and oxygen atoms in total. The fourth-order valence-electron chi connectivity index (χ4n) is 3.98. The van der Waals surface area contributed by atoms with Gasteiger partial charge in [-0.05, 0) is 45.1 Å². The summed E-state index contributed by atoms with van der Waals surface area (Å²) in [7, 11) is 0. The van der Waals surface area contributed by atoms with E-state index >= 15 is 0 Å². The van der Waals surface area contributed by atoms with Crippen LogP contribution in [0.4, 0.5) is 0 Å². The maximum atomic E-state index is 12.5. The summed E-state index contributed by atoms with van der Waals surface area (Å²) in [5.74, 6) is 1.52. The molecule has 152 valence electrons. The number of amides is 1. The van der Waals surface area contributed by atoms with Crippen molar-refractivity contribution >= 4 is 5.91 Å². The summed E-state index contributed by atoms with van der Waals surface area (Å²) >= 11 is 0. The average molecular weight is 394 g/mol. The van der Waals surface area contributed by atoms with E-state index in [-0.39, 0.29) is 5.91 Å². The molecule has 0 aliphatic carbocycles. The van der Waals surface area contributed by atoms with Crippen LogP contribution >= 0.6 is 0 Å². The first-order valence-corrected chi connectivity index (χ1v) is 10.1. The number of hydrogen-bond donors (Lipinski definition) is 0. The van der Waals surface area contributed by atoms with E-state index in [0.717, 1.165) is 60.8 Å². The van der Waals surface area contributed by atoms with E-state index in [9.17, 15) is 4.79 Å². The molecule has 0 bridgehead atoms. The van der Waals surface area contributed by atoms with Gasteiger partial charge >= 0.3 is 0 Å². The van der Waals surface area contributed by atoms with Crippen LogP contribution in [0.15, 0.2) is 35.6 Å². The minimum atomic E-state index is 0.222. The number of carbonyl (C=O) groups is 1. The third kappa shape index (κ3) is 4.52. The van der Waals surface area contributed by atoms with E-state index in [2.05, 4.69) is 20.1 Å². The molecule has 29 heavy (non-hydrogen) atoms. The first-order valence-electron chi connectivity index (χ1n) is 10.1. The van der Waals surface area contributed by atoms with Gasteiger partial charge in [0.25, 0.3) is 0 Å². The molecule has 8 heteroatoms. The van der Waals surface area contributed by atoms with Crippen LogP contribution in [0, 0.1) is 19.8 Å². The quantitative estimate of drug-likeness (QED) is 0.639. The third-order valence-electron chi connectivity index (χ3n) is 5.62. The van der Waals surface area contributed by atoms with Crippen LogP contribution in [-0.2, 0) is 17.8 Å². The van der Waals surface area contributed by atoms with E-state index in [0.29, 0.717) is 18.9 Å². The molecule has 3 aromatic rings. The SMILES string of the molecule is Cc1noc(C)c1-c1cc(CC2CCN(C(=O)CCn3ccnc3)CC2)ncn1. The van der Waals surface area contributed by atoms with Gasteiger partial charge in [0, 0.05) is 44.1 Å². The fraction of sp³-hybridized carbons (Fsp3) is 0.476. The van der Waals surface area contributed by atoms with Crippen molar-refractivity contribution in [3.63, 3.8) is 0 Å². The van der Waals surface area contributed by atoms with Gasteiger partial charge in [-0.1, -0.05) is 5.16 Å². The fourth-order valence-corrected chi connectivity index (χ4v) is 3.98. The lowest BCUT2D eigenvalue weighted by atomic mass is 9.91. The standard InChI is InChI=1S/C21H26N6O2/c1-15-21(16(2)29-25-15)19-12-18(23-13-24-19)11-17-3-8-27(9-4-17)20(28)5-7-26-10-6-22-14-26/h6,10,12-14,17H,3-5,7-9,11H2,1-2H3. The van der Waals surface area contributed by atoms with Gasteiger partial charge in [-0.15, -0.1) is 0 Å². The van der Waals surface area contributed by atoms with E-state index in [1.807, 2.05) is 35.6 Å². The molecule has 0 unspecified atom stereocenters. The van der Waals surface area contributed by atoms with Crippen LogP contribution in [0.1, 0.15) is 36.4 Å². The molecule has 0 saturated carbocycles. The van der Waals surface area contributed by atoms with E-state index in [1.165, 1.54) is 0 Å². The largest absolute Gasteiger partial charge is 0.361 e. The number of carbonyl (C=O) groups excluding carboxylic acids is 1. The number of aryl methyl sites for hydroxylation is 3. The van der Waals surface area contributed by atoms with Crippen molar-refractivity contribution in [2.24, 2.45) is 5.92 Å². The lowest BCUT2D eigenvalue weighted by Gasteiger charge is -2.32. The van der Waals surface area contributed by atoms with Crippen molar-refractivity contribution in [2.45, 2.75) is 46.1 Å². The van der Waals surface area contributed by atoms with E-state index < -0.39 is 0 Å². The van der Waals surface area contributed by atoms with Crippen LogP contribution in [-0.4, -0.2) is 48.6 Å². The Morgan fingerprint density at radius 1 is 1.24 bits per heavy atom. The number of imidazole rings is 1. The Hall–Kier alpha value is -3.03. The second kappa shape index (κ2) is 8.55. The van der Waals surface area contributed by atoms with Gasteiger partial charge in [0.1, 0.15) is 12.1 Å². The Bertz CT molecular complexity index is 938. The number of rotatable bonds is 6. The highest BCUT2D eigenvalue weighted by molar-refractivity contribution is 5.76. The van der Waals surface area contributed by atoms with Crippen molar-refractivity contribution < 1.29 is 9.32 Å². The Morgan fingerprint density at radius 2 is 2.07 bits per heavy atom. The van der Waals surface area contributed by atoms with Crippen LogP contribution in [0.2, 0.25) is 0 Å². The monoisotopic (exact) mass is 394 g/mol. The van der Waals surface area contributed by atoms with Crippen molar-refractivity contribution in [2.75, 3.05) is 13.1 Å². The Balaban J connectivity index is 1.31. The lowest BCUT2D eigenvalue weighted by molar-refractivity contribution is -0.132. The average Bonchev–Trinajstić information content (AvgIpc) is 3.36. The maximum absolute atomic E-state index is 12.5. The predicted octanol–water partition coefficient (Wildman–Crippen LogP) is 2.82. The van der Waals surface area contributed by atoms with Crippen LogP contribution in [0.3, 0.4) is 0 Å². The molecular weight excluding hydrogens is 368 g/mol. The predicted molar refractivity (Wildman–Crippen MR) is 107 cm³/mol. The topological polar surface area (TPSA) is 89.9 Å². The number of likely N-dealkylation sites (tertiary alicyclic amines) is 1. The van der Waals surface area contributed by atoms with Crippen LogP contribution in [0.5, 0.6) is 0 Å². The van der Waals surface area contributed by atoms with Crippen LogP contribution in [0.25, 0.3) is 11.3 Å². The molecule has 0 radical (unpaired) electrons. The summed E-state index contributed by atoms with van der Waals surface area (Å²) in [6, 6.07) is 2.04. The Morgan fingerprint density at radius 3 is 2.76 bits per heavy atom. The van der Waals surface area contributed by atoms with Gasteiger partial charge in [0.15, 0.2) is 0 Å². The summed E-state index contributed by atoms with van der Waals surface area (Å²) in [5, 5.41) is 4.02. The van der Waals surface area contributed by atoms with Gasteiger partial charge in [0.05, 0.1) is 23.3 Å². The molecule has 3 aromatic heterocycles. The zero-order valence-electron chi connectivity index (χ0n) is 16.9. The minimum Gasteiger partial charge on any atom is -0.361 e. The van der Waals surface area contributed by atoms with E-state index in [1.54, 1.807) is 18.9 Å². The van der Waals surface area contributed by atoms with Crippen molar-refractivity contribution in [1.29, 1.82) is 0 Å². The van der Waals surface area contributed by atoms with Crippen LogP contribution < -0.4 is 0 Å². The second-order valence-corrected chi connectivity index (χ2v) is 7.67. The molecular formula is C21H26N6O2. The first-order chi connectivity index (χ1) is 14.1. The maximum Gasteiger partial charge on any atom is 0.224 e. The van der Waals surface area contributed by atoms with Gasteiger partial charge in [-0.2, -0.15) is 0 Å². The molecule has 4 rings (SSSR count). The zero-order valence-corrected chi connectivity index (χ0v) is 16.9. The van der Waals surface area contributed by atoms with Crippen molar-refractivity contribution in [3.8, 4) is 11.3 Å². The molecule has 4 heterocycles. The molecule has 0 aromatic carbocycles. The molecule has 0 atom stereocenters. The van der Waals surface area contributed by atoms with E-state index in [4.69, 9.17) is 4.52 Å². The Labute approximate surface area is 170 Å². The highest BCUT2D eigenvalue weighted by Crippen LogP contribution is 2.27. The minimum absolute atomic E-state index is 0.222. The summed E-state index contributed by atoms with van der Waals surface area (Å²) < 4.78 is 7.21. The summed E-state index contributed by atoms with van der Waals surface area (Å²) in [6.45, 7) is 6.14. The highest BCUT2D eigenvalue weighted by atomic mass is 16.5. The molecule has 1 saturated heterocycles. The third-order valence-corrected chi connectivity index (χ3v) is 5.62. The first kappa shape index (κ1) is 19.3. The summed E-state index contributed by atoms with van der Waals surface area (Å²) in [4.78, 5) is 27.3. The normalized spacial score (nSPS) is 15.0. The number of aromatic nitrogens is 5. The molecule has 1 fully saturated rings.